The minimum absolute atomic E-state index is 0.0846. The molecule has 186 valence electrons. The molecule has 2 saturated heterocycles. The fraction of sp³-hybridized carbons (Fsp3) is 0.440. The first kappa shape index (κ1) is 21.6. The van der Waals surface area contributed by atoms with Gasteiger partial charge in [-0.2, -0.15) is 18.3 Å². The lowest BCUT2D eigenvalue weighted by atomic mass is 10.1. The van der Waals surface area contributed by atoms with E-state index < -0.39 is 29.4 Å². The molecule has 3 N–H and O–H groups in total. The summed E-state index contributed by atoms with van der Waals surface area (Å²) in [5.74, 6) is 3.03. The smallest absolute Gasteiger partial charge is 0.383 e. The molecule has 1 amide bonds. The second kappa shape index (κ2) is 7.21. The molecule has 2 bridgehead atoms. The monoisotopic (exact) mass is 495 g/mol. The number of fused-ring (bicyclic) bond motifs is 2. The molecule has 0 spiro atoms. The molecule has 2 unspecified atom stereocenters. The number of piperidine rings is 1. The van der Waals surface area contributed by atoms with Crippen LogP contribution in [0.25, 0.3) is 0 Å². The first-order valence-corrected chi connectivity index (χ1v) is 12.1. The van der Waals surface area contributed by atoms with Crippen molar-refractivity contribution in [2.24, 2.45) is 17.8 Å². The predicted octanol–water partition coefficient (Wildman–Crippen LogP) is 3.11. The van der Waals surface area contributed by atoms with Crippen molar-refractivity contribution in [1.29, 1.82) is 0 Å². The third-order valence-corrected chi connectivity index (χ3v) is 8.28. The Kier molecular flexibility index (Phi) is 4.33. The van der Waals surface area contributed by atoms with Gasteiger partial charge in [0.25, 0.3) is 5.91 Å². The van der Waals surface area contributed by atoms with Gasteiger partial charge < -0.3 is 16.0 Å². The maximum Gasteiger partial charge on any atom is 0.435 e. The van der Waals surface area contributed by atoms with Crippen LogP contribution in [0.4, 0.5) is 24.8 Å². The van der Waals surface area contributed by atoms with Crippen LogP contribution in [0.5, 0.6) is 0 Å². The summed E-state index contributed by atoms with van der Waals surface area (Å²) in [6.45, 7) is 2.99. The second-order valence-electron chi connectivity index (χ2n) is 10.3. The number of halogens is 3. The molecule has 2 saturated carbocycles. The average molecular weight is 496 g/mol. The van der Waals surface area contributed by atoms with Crippen molar-refractivity contribution in [3.8, 4) is 0 Å². The molecular weight excluding hydrogens is 471 g/mol. The quantitative estimate of drug-likeness (QED) is 0.564. The molecular formula is C25H24F3N7O. The summed E-state index contributed by atoms with van der Waals surface area (Å²) in [5.41, 5.74) is 7.33. The molecule has 4 fully saturated rings. The summed E-state index contributed by atoms with van der Waals surface area (Å²) < 4.78 is 42.6. The Balaban J connectivity index is 1.12. The van der Waals surface area contributed by atoms with Gasteiger partial charge in [-0.05, 0) is 66.3 Å². The van der Waals surface area contributed by atoms with Gasteiger partial charge in [0.15, 0.2) is 5.69 Å². The third-order valence-electron chi connectivity index (χ3n) is 8.28. The van der Waals surface area contributed by atoms with E-state index in [1.807, 2.05) is 19.1 Å². The van der Waals surface area contributed by atoms with Crippen LogP contribution in [0.2, 0.25) is 0 Å². The van der Waals surface area contributed by atoms with Gasteiger partial charge in [-0.15, -0.1) is 0 Å². The molecule has 5 aliphatic rings. The van der Waals surface area contributed by atoms with Crippen LogP contribution in [0.3, 0.4) is 0 Å². The number of nitrogens with two attached hydrogens (primary N) is 1. The summed E-state index contributed by atoms with van der Waals surface area (Å²) in [7, 11) is 0. The average Bonchev–Trinajstić information content (AvgIpc) is 3.37. The summed E-state index contributed by atoms with van der Waals surface area (Å²) in [5, 5.41) is 6.49. The molecule has 0 radical (unpaired) electrons. The number of nitrogens with zero attached hydrogens (tertiary/aromatic N) is 5. The van der Waals surface area contributed by atoms with Gasteiger partial charge in [0.2, 0.25) is 0 Å². The number of rotatable bonds is 5. The van der Waals surface area contributed by atoms with Crippen LogP contribution in [-0.4, -0.2) is 38.2 Å². The van der Waals surface area contributed by atoms with E-state index in [0.717, 1.165) is 52.5 Å². The number of hydrogen-bond acceptors (Lipinski definition) is 6. The summed E-state index contributed by atoms with van der Waals surface area (Å²) in [4.78, 5) is 24.1. The summed E-state index contributed by atoms with van der Waals surface area (Å²) in [6, 6.07) is 5.77. The Morgan fingerprint density at radius 3 is 2.75 bits per heavy atom. The van der Waals surface area contributed by atoms with Crippen molar-refractivity contribution in [1.82, 2.24) is 25.1 Å². The molecule has 0 aromatic carbocycles. The molecule has 2 aliphatic heterocycles. The number of nitrogens with one attached hydrogen (secondary N) is 1. The van der Waals surface area contributed by atoms with E-state index in [2.05, 4.69) is 20.3 Å². The lowest BCUT2D eigenvalue weighted by Gasteiger charge is -2.18. The highest BCUT2D eigenvalue weighted by atomic mass is 19.4. The molecule has 3 atom stereocenters. The zero-order valence-electron chi connectivity index (χ0n) is 19.5. The molecule has 36 heavy (non-hydrogen) atoms. The number of pyridine rings is 2. The number of amides is 1. The van der Waals surface area contributed by atoms with Crippen LogP contribution in [0, 0.1) is 24.7 Å². The van der Waals surface area contributed by atoms with E-state index in [4.69, 9.17) is 10.7 Å². The first-order chi connectivity index (χ1) is 17.2. The van der Waals surface area contributed by atoms with E-state index in [1.54, 1.807) is 6.07 Å². The summed E-state index contributed by atoms with van der Waals surface area (Å²) in [6.07, 6.45) is -0.915. The highest BCUT2D eigenvalue weighted by Crippen LogP contribution is 2.75. The van der Waals surface area contributed by atoms with Gasteiger partial charge in [0.05, 0.1) is 18.2 Å². The zero-order valence-corrected chi connectivity index (χ0v) is 19.5. The van der Waals surface area contributed by atoms with Crippen molar-refractivity contribution in [3.63, 3.8) is 0 Å². The van der Waals surface area contributed by atoms with E-state index in [-0.39, 0.29) is 6.54 Å². The van der Waals surface area contributed by atoms with Gasteiger partial charge in [0.1, 0.15) is 11.6 Å². The minimum atomic E-state index is -4.77. The Hall–Kier alpha value is -3.63. The fourth-order valence-corrected chi connectivity index (χ4v) is 6.29. The zero-order chi connectivity index (χ0) is 24.9. The van der Waals surface area contributed by atoms with Crippen molar-refractivity contribution >= 4 is 17.5 Å². The van der Waals surface area contributed by atoms with Crippen LogP contribution < -0.4 is 16.0 Å². The van der Waals surface area contributed by atoms with Gasteiger partial charge >= 0.3 is 6.18 Å². The Labute approximate surface area is 204 Å². The van der Waals surface area contributed by atoms with Crippen LogP contribution in [0.15, 0.2) is 30.6 Å². The highest BCUT2D eigenvalue weighted by Gasteiger charge is 2.80. The predicted molar refractivity (Wildman–Crippen MR) is 124 cm³/mol. The number of alkyl halides is 3. The number of aryl methyl sites for hydroxylation is 1. The number of carbonyl (C=O) groups is 1. The maximum absolute atomic E-state index is 13.8. The first-order valence-electron chi connectivity index (χ1n) is 12.1. The van der Waals surface area contributed by atoms with E-state index in [9.17, 15) is 18.0 Å². The van der Waals surface area contributed by atoms with Crippen molar-refractivity contribution < 1.29 is 18.0 Å². The number of carbonyl (C=O) groups excluding carboxylic acids is 1. The molecule has 3 aliphatic carbocycles. The summed E-state index contributed by atoms with van der Waals surface area (Å²) >= 11 is 0. The fourth-order valence-electron chi connectivity index (χ4n) is 6.29. The Morgan fingerprint density at radius 1 is 1.25 bits per heavy atom. The highest BCUT2D eigenvalue weighted by molar-refractivity contribution is 5.95. The van der Waals surface area contributed by atoms with Crippen LogP contribution in [0.1, 0.15) is 50.9 Å². The Bertz CT molecular complexity index is 1400. The van der Waals surface area contributed by atoms with E-state index >= 15 is 0 Å². The molecule has 5 heterocycles. The SMILES string of the molecule is Cc1nc(N2CC3C4C3C42)ccc1Cn1cc(C(=O)N[C@@H]2CCc3c2ccnc3N)c(C(F)(F)F)n1. The number of hydrogen-bond donors (Lipinski definition) is 2. The van der Waals surface area contributed by atoms with Crippen molar-refractivity contribution in [3.05, 3.63) is 64.2 Å². The number of nitrogen functional groups attached to an aromatic ring is 1. The normalized spacial score (nSPS) is 27.1. The standard InChI is InChI=1S/C25H24F3N7O/c1-11-12(2-5-18(31-11)35-10-15-19-20(15)21(19)35)8-34-9-16(22(33-34)25(26,27)28)24(36)32-17-4-3-14-13(17)6-7-30-23(14)29/h2,5-7,9,15,17,19-21H,3-4,8,10H2,1H3,(H2,29,30)(H,32,36)/t15?,17-,19?,20?,21?/m1/s1. The van der Waals surface area contributed by atoms with Gasteiger partial charge in [0, 0.05) is 30.7 Å². The Morgan fingerprint density at radius 2 is 2.06 bits per heavy atom. The van der Waals surface area contributed by atoms with E-state index in [1.165, 1.54) is 17.1 Å². The largest absolute Gasteiger partial charge is 0.435 e. The number of anilines is 2. The van der Waals surface area contributed by atoms with Gasteiger partial charge in [-0.25, -0.2) is 9.97 Å². The molecule has 3 aromatic heterocycles. The third kappa shape index (κ3) is 3.21. The van der Waals surface area contributed by atoms with Crippen molar-refractivity contribution in [2.75, 3.05) is 17.2 Å². The molecule has 11 heteroatoms. The minimum Gasteiger partial charge on any atom is -0.383 e. The second-order valence-corrected chi connectivity index (χ2v) is 10.3. The van der Waals surface area contributed by atoms with Gasteiger partial charge in [-0.1, -0.05) is 6.07 Å². The molecule has 8 rings (SSSR count). The molecule has 3 aromatic rings. The van der Waals surface area contributed by atoms with E-state index in [0.29, 0.717) is 24.7 Å². The van der Waals surface area contributed by atoms with Crippen LogP contribution >= 0.6 is 0 Å². The molecule has 8 nitrogen and oxygen atoms in total. The van der Waals surface area contributed by atoms with Crippen molar-refractivity contribution in [2.45, 2.75) is 44.6 Å². The number of aromatic nitrogens is 4. The lowest BCUT2D eigenvalue weighted by Crippen LogP contribution is -2.28. The topological polar surface area (TPSA) is 102 Å². The van der Waals surface area contributed by atoms with Crippen LogP contribution in [-0.2, 0) is 19.1 Å². The lowest BCUT2D eigenvalue weighted by molar-refractivity contribution is -0.141. The van der Waals surface area contributed by atoms with Gasteiger partial charge in [-0.3, -0.25) is 9.48 Å². The maximum atomic E-state index is 13.8.